The maximum Gasteiger partial charge on any atom is 0.229 e. The summed E-state index contributed by atoms with van der Waals surface area (Å²) in [5.74, 6) is 1.79. The van der Waals surface area contributed by atoms with E-state index in [1.807, 2.05) is 12.4 Å². The Bertz CT molecular complexity index is 449. The zero-order valence-electron chi connectivity index (χ0n) is 10.8. The number of carbonyl (C=O) groups is 1. The summed E-state index contributed by atoms with van der Waals surface area (Å²) in [7, 11) is 1.91. The van der Waals surface area contributed by atoms with Gasteiger partial charge in [-0.3, -0.25) is 4.79 Å². The minimum atomic E-state index is 0.183. The number of amides is 1. The Balaban J connectivity index is 1.59. The molecule has 0 spiro atoms. The molecule has 2 aliphatic rings. The summed E-state index contributed by atoms with van der Waals surface area (Å²) in [5, 5.41) is 8.86. The number of thiazole rings is 1. The van der Waals surface area contributed by atoms with Gasteiger partial charge in [0, 0.05) is 17.3 Å². The summed E-state index contributed by atoms with van der Waals surface area (Å²) >= 11 is 1.51. The maximum absolute atomic E-state index is 12.1. The predicted molar refractivity (Wildman–Crippen MR) is 72.5 cm³/mol. The summed E-state index contributed by atoms with van der Waals surface area (Å²) in [5.41, 5.74) is 0.994. The molecule has 2 fully saturated rings. The number of fused-ring (bicyclic) bond motifs is 1. The van der Waals surface area contributed by atoms with Crippen LogP contribution in [-0.4, -0.2) is 17.9 Å². The van der Waals surface area contributed by atoms with E-state index in [-0.39, 0.29) is 17.9 Å². The molecule has 3 unspecified atom stereocenters. The lowest BCUT2D eigenvalue weighted by atomic mass is 10.1. The Labute approximate surface area is 111 Å². The molecule has 98 valence electrons. The SMILES string of the molecule is CNC(C)c1csc(NC(=O)C2C3CCCC32)n1. The van der Waals surface area contributed by atoms with E-state index in [2.05, 4.69) is 22.5 Å². The zero-order valence-corrected chi connectivity index (χ0v) is 11.6. The quantitative estimate of drug-likeness (QED) is 0.879. The summed E-state index contributed by atoms with van der Waals surface area (Å²) < 4.78 is 0. The van der Waals surface area contributed by atoms with Gasteiger partial charge >= 0.3 is 0 Å². The first-order valence-electron chi connectivity index (χ1n) is 6.64. The van der Waals surface area contributed by atoms with E-state index in [9.17, 15) is 4.79 Å². The van der Waals surface area contributed by atoms with Gasteiger partial charge in [0.05, 0.1) is 5.69 Å². The summed E-state index contributed by atoms with van der Waals surface area (Å²) in [6.45, 7) is 2.06. The molecule has 3 atom stereocenters. The van der Waals surface area contributed by atoms with Crippen molar-refractivity contribution in [2.45, 2.75) is 32.2 Å². The van der Waals surface area contributed by atoms with Crippen LogP contribution in [0, 0.1) is 17.8 Å². The van der Waals surface area contributed by atoms with Crippen molar-refractivity contribution in [3.63, 3.8) is 0 Å². The second kappa shape index (κ2) is 4.63. The molecule has 18 heavy (non-hydrogen) atoms. The van der Waals surface area contributed by atoms with E-state index in [1.165, 1.54) is 30.6 Å². The fraction of sp³-hybridized carbons (Fsp3) is 0.692. The monoisotopic (exact) mass is 265 g/mol. The van der Waals surface area contributed by atoms with Crippen LogP contribution in [0.2, 0.25) is 0 Å². The standard InChI is InChI=1S/C13H19N3OS/c1-7(14-2)10-6-18-13(15-10)16-12(17)11-8-4-3-5-9(8)11/h6-9,11,14H,3-5H2,1-2H3,(H,15,16,17). The number of hydrogen-bond donors (Lipinski definition) is 2. The van der Waals surface area contributed by atoms with Gasteiger partial charge in [-0.1, -0.05) is 6.42 Å². The molecular formula is C13H19N3OS. The molecule has 1 aromatic rings. The third-order valence-electron chi connectivity index (χ3n) is 4.34. The normalized spacial score (nSPS) is 30.9. The Morgan fingerprint density at radius 1 is 1.50 bits per heavy atom. The number of nitrogens with one attached hydrogen (secondary N) is 2. The van der Waals surface area contributed by atoms with Crippen molar-refractivity contribution in [1.29, 1.82) is 0 Å². The Morgan fingerprint density at radius 2 is 2.22 bits per heavy atom. The summed E-state index contributed by atoms with van der Waals surface area (Å²) in [6, 6.07) is 0.229. The first kappa shape index (κ1) is 12.1. The first-order valence-corrected chi connectivity index (χ1v) is 7.52. The van der Waals surface area contributed by atoms with Gasteiger partial charge in [-0.05, 0) is 38.6 Å². The lowest BCUT2D eigenvalue weighted by molar-refractivity contribution is -0.118. The second-order valence-corrected chi connectivity index (χ2v) is 6.22. The van der Waals surface area contributed by atoms with Crippen LogP contribution in [-0.2, 0) is 4.79 Å². The minimum Gasteiger partial charge on any atom is -0.312 e. The van der Waals surface area contributed by atoms with Crippen LogP contribution in [0.5, 0.6) is 0 Å². The molecule has 1 heterocycles. The van der Waals surface area contributed by atoms with Crippen LogP contribution in [0.4, 0.5) is 5.13 Å². The Hall–Kier alpha value is -0.940. The average Bonchev–Trinajstić information content (AvgIpc) is 2.76. The molecule has 0 radical (unpaired) electrons. The molecule has 0 aromatic carbocycles. The van der Waals surface area contributed by atoms with Crippen molar-refractivity contribution in [1.82, 2.24) is 10.3 Å². The number of carbonyl (C=O) groups excluding carboxylic acids is 1. The first-order chi connectivity index (χ1) is 8.70. The highest BCUT2D eigenvalue weighted by atomic mass is 32.1. The average molecular weight is 265 g/mol. The van der Waals surface area contributed by atoms with Crippen molar-refractivity contribution >= 4 is 22.4 Å². The summed E-state index contributed by atoms with van der Waals surface area (Å²) in [4.78, 5) is 16.5. The number of nitrogens with zero attached hydrogens (tertiary/aromatic N) is 1. The van der Waals surface area contributed by atoms with Gasteiger partial charge < -0.3 is 10.6 Å². The third kappa shape index (κ3) is 2.06. The van der Waals surface area contributed by atoms with Crippen molar-refractivity contribution in [2.75, 3.05) is 12.4 Å². The largest absolute Gasteiger partial charge is 0.312 e. The van der Waals surface area contributed by atoms with E-state index in [1.54, 1.807) is 0 Å². The van der Waals surface area contributed by atoms with Crippen LogP contribution in [0.15, 0.2) is 5.38 Å². The smallest absolute Gasteiger partial charge is 0.229 e. The number of anilines is 1. The van der Waals surface area contributed by atoms with Crippen LogP contribution < -0.4 is 10.6 Å². The van der Waals surface area contributed by atoms with Gasteiger partial charge in [-0.15, -0.1) is 11.3 Å². The molecule has 2 aliphatic carbocycles. The van der Waals surface area contributed by atoms with Gasteiger partial charge in [-0.2, -0.15) is 0 Å². The van der Waals surface area contributed by atoms with E-state index in [0.717, 1.165) is 10.8 Å². The molecule has 1 aromatic heterocycles. The maximum atomic E-state index is 12.1. The van der Waals surface area contributed by atoms with Crippen molar-refractivity contribution in [2.24, 2.45) is 17.8 Å². The van der Waals surface area contributed by atoms with Crippen LogP contribution in [0.1, 0.15) is 37.9 Å². The molecule has 0 bridgehead atoms. The van der Waals surface area contributed by atoms with Crippen LogP contribution in [0.25, 0.3) is 0 Å². The van der Waals surface area contributed by atoms with Gasteiger partial charge in [0.2, 0.25) is 5.91 Å². The number of rotatable bonds is 4. The molecule has 0 saturated heterocycles. The van der Waals surface area contributed by atoms with Gasteiger partial charge in [0.15, 0.2) is 5.13 Å². The van der Waals surface area contributed by atoms with E-state index in [0.29, 0.717) is 11.8 Å². The van der Waals surface area contributed by atoms with Crippen molar-refractivity contribution in [3.05, 3.63) is 11.1 Å². The van der Waals surface area contributed by atoms with Gasteiger partial charge in [-0.25, -0.2) is 4.98 Å². The fourth-order valence-corrected chi connectivity index (χ4v) is 3.90. The van der Waals surface area contributed by atoms with Crippen molar-refractivity contribution in [3.8, 4) is 0 Å². The van der Waals surface area contributed by atoms with E-state index in [4.69, 9.17) is 0 Å². The molecule has 4 nitrogen and oxygen atoms in total. The van der Waals surface area contributed by atoms with Gasteiger partial charge in [0.25, 0.3) is 0 Å². The number of aromatic nitrogens is 1. The molecule has 0 aliphatic heterocycles. The second-order valence-electron chi connectivity index (χ2n) is 5.36. The highest BCUT2D eigenvalue weighted by molar-refractivity contribution is 7.13. The zero-order chi connectivity index (χ0) is 12.7. The molecule has 1 amide bonds. The van der Waals surface area contributed by atoms with Crippen molar-refractivity contribution < 1.29 is 4.79 Å². The highest BCUT2D eigenvalue weighted by Crippen LogP contribution is 2.57. The predicted octanol–water partition coefficient (Wildman–Crippen LogP) is 2.41. The molecule has 3 rings (SSSR count). The van der Waals surface area contributed by atoms with Gasteiger partial charge in [0.1, 0.15) is 0 Å². The molecule has 5 heteroatoms. The van der Waals surface area contributed by atoms with E-state index < -0.39 is 0 Å². The Kier molecular flexibility index (Phi) is 3.11. The minimum absolute atomic E-state index is 0.183. The molecule has 2 saturated carbocycles. The number of hydrogen-bond acceptors (Lipinski definition) is 4. The van der Waals surface area contributed by atoms with Crippen LogP contribution in [0.3, 0.4) is 0 Å². The summed E-state index contributed by atoms with van der Waals surface area (Å²) in [6.07, 6.45) is 3.78. The fourth-order valence-electron chi connectivity index (χ4n) is 3.09. The molecular weight excluding hydrogens is 246 g/mol. The van der Waals surface area contributed by atoms with E-state index >= 15 is 0 Å². The van der Waals surface area contributed by atoms with Crippen LogP contribution >= 0.6 is 11.3 Å². The Morgan fingerprint density at radius 3 is 2.89 bits per heavy atom. The highest BCUT2D eigenvalue weighted by Gasteiger charge is 2.56. The topological polar surface area (TPSA) is 54.0 Å². The molecule has 2 N–H and O–H groups in total. The lowest BCUT2D eigenvalue weighted by Crippen LogP contribution is -2.17. The lowest BCUT2D eigenvalue weighted by Gasteiger charge is -2.05. The third-order valence-corrected chi connectivity index (χ3v) is 5.11.